The zero-order valence-corrected chi connectivity index (χ0v) is 10.7. The van der Waals surface area contributed by atoms with Crippen LogP contribution < -0.4 is 0 Å². The number of carbonyl (C=O) groups excluding carboxylic acids is 1. The van der Waals surface area contributed by atoms with Gasteiger partial charge in [-0.2, -0.15) is 0 Å². The molecular formula is C17H16O2. The lowest BCUT2D eigenvalue weighted by atomic mass is 9.77. The second-order valence-electron chi connectivity index (χ2n) is 4.97. The van der Waals surface area contributed by atoms with E-state index in [1.807, 2.05) is 24.3 Å². The van der Waals surface area contributed by atoms with Crippen LogP contribution in [0.1, 0.15) is 34.7 Å². The summed E-state index contributed by atoms with van der Waals surface area (Å²) in [5.74, 6) is 0.326. The molecule has 0 heterocycles. The molecule has 0 amide bonds. The van der Waals surface area contributed by atoms with Crippen LogP contribution >= 0.6 is 0 Å². The Hall–Kier alpha value is -2.09. The highest BCUT2D eigenvalue weighted by molar-refractivity contribution is 5.89. The lowest BCUT2D eigenvalue weighted by molar-refractivity contribution is 0.00210. The van der Waals surface area contributed by atoms with E-state index in [9.17, 15) is 4.79 Å². The van der Waals surface area contributed by atoms with Gasteiger partial charge in [-0.25, -0.2) is 4.79 Å². The molecule has 2 aromatic rings. The van der Waals surface area contributed by atoms with Gasteiger partial charge in [0.15, 0.2) is 0 Å². The molecule has 0 radical (unpaired) electrons. The quantitative estimate of drug-likeness (QED) is 0.777. The summed E-state index contributed by atoms with van der Waals surface area (Å²) < 4.78 is 5.49. The Morgan fingerprint density at radius 1 is 0.895 bits per heavy atom. The predicted molar refractivity (Wildman–Crippen MR) is 74.1 cm³/mol. The summed E-state index contributed by atoms with van der Waals surface area (Å²) in [7, 11) is 0. The van der Waals surface area contributed by atoms with Crippen molar-refractivity contribution in [1.82, 2.24) is 0 Å². The molecule has 0 aromatic heterocycles. The smallest absolute Gasteiger partial charge is 0.338 e. The van der Waals surface area contributed by atoms with E-state index >= 15 is 0 Å². The minimum atomic E-state index is -0.211. The van der Waals surface area contributed by atoms with E-state index in [4.69, 9.17) is 4.74 Å². The van der Waals surface area contributed by atoms with Crippen LogP contribution in [0.3, 0.4) is 0 Å². The summed E-state index contributed by atoms with van der Waals surface area (Å²) in [5, 5.41) is 0. The van der Waals surface area contributed by atoms with Crippen molar-refractivity contribution in [3.05, 3.63) is 71.8 Å². The molecule has 0 spiro atoms. The van der Waals surface area contributed by atoms with E-state index in [1.165, 1.54) is 5.56 Å². The molecule has 0 atom stereocenters. The number of carbonyl (C=O) groups is 1. The van der Waals surface area contributed by atoms with Crippen LogP contribution in [0, 0.1) is 0 Å². The predicted octanol–water partition coefficient (Wildman–Crippen LogP) is 3.79. The van der Waals surface area contributed by atoms with Gasteiger partial charge in [0, 0.05) is 0 Å². The largest absolute Gasteiger partial charge is 0.459 e. The molecule has 2 aromatic carbocycles. The summed E-state index contributed by atoms with van der Waals surface area (Å²) >= 11 is 0. The first kappa shape index (κ1) is 12.0. The van der Waals surface area contributed by atoms with Crippen molar-refractivity contribution in [1.29, 1.82) is 0 Å². The van der Waals surface area contributed by atoms with Gasteiger partial charge in [-0.15, -0.1) is 0 Å². The molecule has 3 rings (SSSR count). The van der Waals surface area contributed by atoms with Crippen molar-refractivity contribution < 1.29 is 9.53 Å². The number of benzene rings is 2. The van der Waals surface area contributed by atoms with Crippen LogP contribution in [0.4, 0.5) is 0 Å². The molecule has 96 valence electrons. The molecule has 0 bridgehead atoms. The third kappa shape index (κ3) is 2.68. The van der Waals surface area contributed by atoms with Crippen LogP contribution in [0.25, 0.3) is 0 Å². The number of ether oxygens (including phenoxy) is 1. The molecule has 2 heteroatoms. The Kier molecular flexibility index (Phi) is 3.32. The van der Waals surface area contributed by atoms with Crippen LogP contribution in [0.2, 0.25) is 0 Å². The van der Waals surface area contributed by atoms with E-state index in [2.05, 4.69) is 24.3 Å². The van der Waals surface area contributed by atoms with E-state index in [-0.39, 0.29) is 12.1 Å². The highest BCUT2D eigenvalue weighted by atomic mass is 16.5. The Bertz CT molecular complexity index is 542. The molecule has 0 saturated heterocycles. The number of esters is 1. The van der Waals surface area contributed by atoms with Crippen molar-refractivity contribution in [3.8, 4) is 0 Å². The van der Waals surface area contributed by atoms with Crippen LogP contribution in [0.5, 0.6) is 0 Å². The first-order valence-electron chi connectivity index (χ1n) is 6.64. The average Bonchev–Trinajstić information content (AvgIpc) is 2.44. The standard InChI is InChI=1S/C17H16O2/c18-17(14-9-5-2-6-10-14)19-16-11-15(12-16)13-7-3-1-4-8-13/h1-10,15-16H,11-12H2. The topological polar surface area (TPSA) is 26.3 Å². The molecule has 0 N–H and O–H groups in total. The van der Waals surface area contributed by atoms with Crippen LogP contribution in [0.15, 0.2) is 60.7 Å². The van der Waals surface area contributed by atoms with E-state index in [0.717, 1.165) is 12.8 Å². The van der Waals surface area contributed by atoms with Gasteiger partial charge in [0.2, 0.25) is 0 Å². The fourth-order valence-corrected chi connectivity index (χ4v) is 2.45. The number of hydrogen-bond acceptors (Lipinski definition) is 2. The van der Waals surface area contributed by atoms with E-state index in [1.54, 1.807) is 12.1 Å². The first-order valence-corrected chi connectivity index (χ1v) is 6.64. The Morgan fingerprint density at radius 3 is 2.11 bits per heavy atom. The lowest BCUT2D eigenvalue weighted by Crippen LogP contribution is -2.31. The monoisotopic (exact) mass is 252 g/mol. The van der Waals surface area contributed by atoms with Gasteiger partial charge in [-0.3, -0.25) is 0 Å². The summed E-state index contributed by atoms with van der Waals surface area (Å²) in [6, 6.07) is 19.6. The van der Waals surface area contributed by atoms with Gasteiger partial charge < -0.3 is 4.74 Å². The van der Waals surface area contributed by atoms with Crippen molar-refractivity contribution >= 4 is 5.97 Å². The van der Waals surface area contributed by atoms with Gasteiger partial charge in [-0.1, -0.05) is 48.5 Å². The zero-order valence-electron chi connectivity index (χ0n) is 10.7. The van der Waals surface area contributed by atoms with Gasteiger partial charge in [0.25, 0.3) is 0 Å². The maximum atomic E-state index is 11.9. The van der Waals surface area contributed by atoms with Crippen LogP contribution in [-0.4, -0.2) is 12.1 Å². The van der Waals surface area contributed by atoms with Crippen molar-refractivity contribution in [2.75, 3.05) is 0 Å². The summed E-state index contributed by atoms with van der Waals surface area (Å²) in [6.45, 7) is 0. The second kappa shape index (κ2) is 5.27. The van der Waals surface area contributed by atoms with Crippen molar-refractivity contribution in [2.45, 2.75) is 24.9 Å². The zero-order chi connectivity index (χ0) is 13.1. The molecule has 1 fully saturated rings. The Labute approximate surface area is 113 Å². The van der Waals surface area contributed by atoms with Crippen molar-refractivity contribution in [3.63, 3.8) is 0 Å². The van der Waals surface area contributed by atoms with Crippen molar-refractivity contribution in [2.24, 2.45) is 0 Å². The minimum Gasteiger partial charge on any atom is -0.459 e. The minimum absolute atomic E-state index is 0.0675. The molecule has 19 heavy (non-hydrogen) atoms. The molecule has 0 unspecified atom stereocenters. The van der Waals surface area contributed by atoms with E-state index in [0.29, 0.717) is 11.5 Å². The lowest BCUT2D eigenvalue weighted by Gasteiger charge is -2.35. The molecule has 1 aliphatic rings. The molecule has 1 aliphatic carbocycles. The Balaban J connectivity index is 1.54. The highest BCUT2D eigenvalue weighted by Gasteiger charge is 2.33. The summed E-state index contributed by atoms with van der Waals surface area (Å²) in [6.07, 6.45) is 1.93. The van der Waals surface area contributed by atoms with Gasteiger partial charge in [0.05, 0.1) is 5.56 Å². The van der Waals surface area contributed by atoms with Gasteiger partial charge in [0.1, 0.15) is 6.10 Å². The fraction of sp³-hybridized carbons (Fsp3) is 0.235. The van der Waals surface area contributed by atoms with Crippen LogP contribution in [-0.2, 0) is 4.74 Å². The van der Waals surface area contributed by atoms with Gasteiger partial charge >= 0.3 is 5.97 Å². The molecule has 2 nitrogen and oxygen atoms in total. The molecular weight excluding hydrogens is 236 g/mol. The van der Waals surface area contributed by atoms with E-state index < -0.39 is 0 Å². The third-order valence-corrected chi connectivity index (χ3v) is 3.65. The second-order valence-corrected chi connectivity index (χ2v) is 4.97. The summed E-state index contributed by atoms with van der Waals surface area (Å²) in [5.41, 5.74) is 1.97. The normalized spacial score (nSPS) is 21.5. The maximum absolute atomic E-state index is 11.9. The Morgan fingerprint density at radius 2 is 1.47 bits per heavy atom. The SMILES string of the molecule is O=C(OC1CC(c2ccccc2)C1)c1ccccc1. The number of hydrogen-bond donors (Lipinski definition) is 0. The fourth-order valence-electron chi connectivity index (χ4n) is 2.45. The summed E-state index contributed by atoms with van der Waals surface area (Å²) in [4.78, 5) is 11.9. The first-order chi connectivity index (χ1) is 9.33. The van der Waals surface area contributed by atoms with Gasteiger partial charge in [-0.05, 0) is 36.5 Å². The third-order valence-electron chi connectivity index (χ3n) is 3.65. The average molecular weight is 252 g/mol. The molecule has 1 saturated carbocycles. The maximum Gasteiger partial charge on any atom is 0.338 e. The number of rotatable bonds is 3. The molecule has 0 aliphatic heterocycles. The highest BCUT2D eigenvalue weighted by Crippen LogP contribution is 2.38.